The number of alkyl halides is 3. The monoisotopic (exact) mass is 351 g/mol. The minimum Gasteiger partial charge on any atom is -0.493 e. The van der Waals surface area contributed by atoms with E-state index in [1.54, 1.807) is 0 Å². The van der Waals surface area contributed by atoms with E-state index in [0.29, 0.717) is 13.2 Å². The summed E-state index contributed by atoms with van der Waals surface area (Å²) in [5.41, 5.74) is 1.88. The van der Waals surface area contributed by atoms with Crippen molar-refractivity contribution in [2.75, 3.05) is 13.2 Å². The van der Waals surface area contributed by atoms with Gasteiger partial charge < -0.3 is 10.1 Å². The maximum atomic E-state index is 12.5. The Labute approximate surface area is 124 Å². The van der Waals surface area contributed by atoms with E-state index in [4.69, 9.17) is 4.74 Å². The van der Waals surface area contributed by atoms with Crippen LogP contribution in [0.1, 0.15) is 36.9 Å². The highest BCUT2D eigenvalue weighted by Crippen LogP contribution is 2.39. The number of rotatable bonds is 5. The van der Waals surface area contributed by atoms with E-state index in [1.807, 2.05) is 19.1 Å². The first-order valence-corrected chi connectivity index (χ1v) is 7.45. The van der Waals surface area contributed by atoms with Crippen molar-refractivity contribution < 1.29 is 17.9 Å². The predicted molar refractivity (Wildman–Crippen MR) is 75.0 cm³/mol. The summed E-state index contributed by atoms with van der Waals surface area (Å²) in [6.07, 6.45) is -4.11. The molecular formula is C14H17BrF3NO. The van der Waals surface area contributed by atoms with E-state index < -0.39 is 12.6 Å². The summed E-state index contributed by atoms with van der Waals surface area (Å²) in [4.78, 5) is 0. The zero-order valence-electron chi connectivity index (χ0n) is 11.2. The average Bonchev–Trinajstić information content (AvgIpc) is 2.80. The van der Waals surface area contributed by atoms with Gasteiger partial charge in [-0.3, -0.25) is 0 Å². The quantitative estimate of drug-likeness (QED) is 0.849. The van der Waals surface area contributed by atoms with Gasteiger partial charge in [-0.05, 0) is 30.7 Å². The lowest BCUT2D eigenvalue weighted by Crippen LogP contribution is -2.23. The molecular weight excluding hydrogens is 335 g/mol. The Bertz CT molecular complexity index is 476. The van der Waals surface area contributed by atoms with E-state index in [1.165, 1.54) is 0 Å². The van der Waals surface area contributed by atoms with Crippen LogP contribution in [-0.2, 0) is 6.42 Å². The molecule has 1 aromatic rings. The van der Waals surface area contributed by atoms with Crippen molar-refractivity contribution >= 4 is 15.9 Å². The van der Waals surface area contributed by atoms with Gasteiger partial charge in [0.1, 0.15) is 5.75 Å². The fourth-order valence-electron chi connectivity index (χ4n) is 2.48. The summed E-state index contributed by atoms with van der Waals surface area (Å²) in [6, 6.07) is 3.48. The van der Waals surface area contributed by atoms with E-state index in [9.17, 15) is 13.2 Å². The number of hydrogen-bond acceptors (Lipinski definition) is 2. The second-order valence-electron chi connectivity index (χ2n) is 4.85. The number of fused-ring (bicyclic) bond motifs is 1. The normalized spacial score (nSPS) is 15.8. The molecule has 1 heterocycles. The molecule has 2 nitrogen and oxygen atoms in total. The average molecular weight is 352 g/mol. The Morgan fingerprint density at radius 2 is 2.15 bits per heavy atom. The topological polar surface area (TPSA) is 21.3 Å². The van der Waals surface area contributed by atoms with Crippen molar-refractivity contribution in [3.63, 3.8) is 0 Å². The van der Waals surface area contributed by atoms with Crippen LogP contribution in [-0.4, -0.2) is 19.3 Å². The molecule has 0 amide bonds. The van der Waals surface area contributed by atoms with Crippen molar-refractivity contribution in [1.29, 1.82) is 0 Å². The largest absolute Gasteiger partial charge is 0.493 e. The summed E-state index contributed by atoms with van der Waals surface area (Å²) in [7, 11) is 0. The Morgan fingerprint density at radius 3 is 2.80 bits per heavy atom. The second-order valence-corrected chi connectivity index (χ2v) is 5.76. The molecule has 6 heteroatoms. The number of nitrogens with one attached hydrogen (secondary N) is 1. The van der Waals surface area contributed by atoms with Crippen molar-refractivity contribution in [3.8, 4) is 5.75 Å². The highest BCUT2D eigenvalue weighted by Gasteiger charge is 2.30. The van der Waals surface area contributed by atoms with Crippen LogP contribution in [0, 0.1) is 0 Å². The molecule has 0 saturated carbocycles. The van der Waals surface area contributed by atoms with Gasteiger partial charge >= 0.3 is 6.18 Å². The molecule has 0 saturated heterocycles. The first kappa shape index (κ1) is 15.6. The minimum atomic E-state index is -4.14. The van der Waals surface area contributed by atoms with Gasteiger partial charge in [-0.2, -0.15) is 13.2 Å². The molecule has 1 unspecified atom stereocenters. The van der Waals surface area contributed by atoms with Crippen LogP contribution < -0.4 is 10.1 Å². The van der Waals surface area contributed by atoms with Crippen LogP contribution in [0.15, 0.2) is 16.6 Å². The van der Waals surface area contributed by atoms with Crippen molar-refractivity contribution in [1.82, 2.24) is 5.32 Å². The molecule has 0 radical (unpaired) electrons. The van der Waals surface area contributed by atoms with Gasteiger partial charge in [0.25, 0.3) is 0 Å². The maximum absolute atomic E-state index is 12.5. The summed E-state index contributed by atoms with van der Waals surface area (Å²) < 4.78 is 43.9. The SMILES string of the molecule is CCNC(CCC(F)(F)F)c1cc(Br)cc2c1OCC2. The first-order chi connectivity index (χ1) is 9.40. The number of benzene rings is 1. The number of hydrogen-bond donors (Lipinski definition) is 1. The number of halogens is 4. The van der Waals surface area contributed by atoms with Crippen LogP contribution in [0.25, 0.3) is 0 Å². The first-order valence-electron chi connectivity index (χ1n) is 6.66. The van der Waals surface area contributed by atoms with Gasteiger partial charge in [-0.25, -0.2) is 0 Å². The van der Waals surface area contributed by atoms with E-state index in [-0.39, 0.29) is 12.5 Å². The van der Waals surface area contributed by atoms with Crippen LogP contribution in [0.5, 0.6) is 5.75 Å². The highest BCUT2D eigenvalue weighted by molar-refractivity contribution is 9.10. The molecule has 0 bridgehead atoms. The Morgan fingerprint density at radius 1 is 1.40 bits per heavy atom. The lowest BCUT2D eigenvalue weighted by atomic mass is 9.98. The van der Waals surface area contributed by atoms with Gasteiger partial charge in [-0.1, -0.05) is 22.9 Å². The van der Waals surface area contributed by atoms with Gasteiger partial charge in [-0.15, -0.1) is 0 Å². The Kier molecular flexibility index (Phi) is 4.96. The fourth-order valence-corrected chi connectivity index (χ4v) is 3.00. The van der Waals surface area contributed by atoms with Crippen LogP contribution in [0.3, 0.4) is 0 Å². The third-order valence-corrected chi connectivity index (χ3v) is 3.78. The van der Waals surface area contributed by atoms with Crippen molar-refractivity contribution in [2.45, 2.75) is 38.4 Å². The highest BCUT2D eigenvalue weighted by atomic mass is 79.9. The summed E-state index contributed by atoms with van der Waals surface area (Å²) in [6.45, 7) is 3.10. The zero-order valence-corrected chi connectivity index (χ0v) is 12.8. The van der Waals surface area contributed by atoms with Gasteiger partial charge in [0.05, 0.1) is 6.61 Å². The van der Waals surface area contributed by atoms with Crippen LogP contribution in [0.2, 0.25) is 0 Å². The molecule has 1 N–H and O–H groups in total. The molecule has 0 spiro atoms. The fraction of sp³-hybridized carbons (Fsp3) is 0.571. The third kappa shape index (κ3) is 3.88. The lowest BCUT2D eigenvalue weighted by Gasteiger charge is -2.21. The van der Waals surface area contributed by atoms with Crippen LogP contribution >= 0.6 is 15.9 Å². The standard InChI is InChI=1S/C14H17BrF3NO/c1-2-19-12(3-5-14(16,17)18)11-8-10(15)7-9-4-6-20-13(9)11/h7-8,12,19H,2-6H2,1H3. The molecule has 1 aromatic carbocycles. The maximum Gasteiger partial charge on any atom is 0.389 e. The molecule has 1 atom stereocenters. The van der Waals surface area contributed by atoms with E-state index >= 15 is 0 Å². The van der Waals surface area contributed by atoms with Gasteiger partial charge in [0.2, 0.25) is 0 Å². The predicted octanol–water partition coefficient (Wildman–Crippen LogP) is 4.38. The molecule has 20 heavy (non-hydrogen) atoms. The van der Waals surface area contributed by atoms with Gasteiger partial charge in [0.15, 0.2) is 0 Å². The Hall–Kier alpha value is -0.750. The zero-order chi connectivity index (χ0) is 14.8. The smallest absolute Gasteiger partial charge is 0.389 e. The second kappa shape index (κ2) is 6.35. The molecule has 0 aromatic heterocycles. The molecule has 1 aliphatic rings. The molecule has 2 rings (SSSR count). The van der Waals surface area contributed by atoms with Crippen LogP contribution in [0.4, 0.5) is 13.2 Å². The Balaban J connectivity index is 2.25. The third-order valence-electron chi connectivity index (χ3n) is 3.32. The minimum absolute atomic E-state index is 0.0175. The molecule has 1 aliphatic heterocycles. The lowest BCUT2D eigenvalue weighted by molar-refractivity contribution is -0.136. The molecule has 112 valence electrons. The van der Waals surface area contributed by atoms with Crippen molar-refractivity contribution in [2.24, 2.45) is 0 Å². The van der Waals surface area contributed by atoms with E-state index in [0.717, 1.165) is 27.8 Å². The number of ether oxygens (including phenoxy) is 1. The molecule has 0 aliphatic carbocycles. The summed E-state index contributed by atoms with van der Waals surface area (Å²) >= 11 is 3.42. The van der Waals surface area contributed by atoms with Gasteiger partial charge in [0, 0.05) is 28.9 Å². The van der Waals surface area contributed by atoms with Crippen molar-refractivity contribution in [3.05, 3.63) is 27.7 Å². The summed E-state index contributed by atoms with van der Waals surface area (Å²) in [5, 5.41) is 3.13. The summed E-state index contributed by atoms with van der Waals surface area (Å²) in [5.74, 6) is 0.751. The molecule has 0 fully saturated rings. The van der Waals surface area contributed by atoms with E-state index in [2.05, 4.69) is 21.2 Å².